The Balaban J connectivity index is 1.51. The van der Waals surface area contributed by atoms with Gasteiger partial charge in [-0.3, -0.25) is 0 Å². The van der Waals surface area contributed by atoms with Gasteiger partial charge in [-0.15, -0.1) is 0 Å². The lowest BCUT2D eigenvalue weighted by Gasteiger charge is -2.18. The van der Waals surface area contributed by atoms with Gasteiger partial charge in [0.2, 0.25) is 5.89 Å². The summed E-state index contributed by atoms with van der Waals surface area (Å²) >= 11 is 6.16. The van der Waals surface area contributed by atoms with Crippen molar-refractivity contribution in [3.8, 4) is 0 Å². The van der Waals surface area contributed by atoms with Gasteiger partial charge in [-0.25, -0.2) is 4.79 Å². The molecule has 1 aliphatic carbocycles. The molecule has 0 unspecified atom stereocenters. The van der Waals surface area contributed by atoms with Gasteiger partial charge in [0.05, 0.1) is 10.7 Å². The van der Waals surface area contributed by atoms with E-state index in [2.05, 4.69) is 15.5 Å². The fourth-order valence-electron chi connectivity index (χ4n) is 3.19. The topological polar surface area (TPSA) is 71.3 Å². The molecule has 1 N–H and O–H groups in total. The van der Waals surface area contributed by atoms with Crippen LogP contribution in [0.2, 0.25) is 5.02 Å². The monoisotopic (exact) mass is 376 g/mol. The van der Waals surface area contributed by atoms with E-state index in [1.807, 2.05) is 19.1 Å². The number of carbonyl (C=O) groups excluding carboxylic acids is 1. The molecule has 1 fully saturated rings. The molecule has 0 aliphatic heterocycles. The van der Waals surface area contributed by atoms with Crippen LogP contribution in [0.5, 0.6) is 0 Å². The van der Waals surface area contributed by atoms with Gasteiger partial charge >= 0.3 is 6.03 Å². The number of likely N-dealkylation sites (N-methyl/N-ethyl adjacent to an activating group) is 1. The van der Waals surface area contributed by atoms with E-state index in [1.165, 1.54) is 19.3 Å². The summed E-state index contributed by atoms with van der Waals surface area (Å²) in [6.45, 7) is 2.45. The number of rotatable bonds is 5. The first-order chi connectivity index (χ1) is 12.5. The molecule has 26 heavy (non-hydrogen) atoms. The van der Waals surface area contributed by atoms with E-state index in [0.29, 0.717) is 35.4 Å². The fraction of sp³-hybridized carbons (Fsp3) is 0.526. The smallest absolute Gasteiger partial charge is 0.321 e. The predicted octanol–water partition coefficient (Wildman–Crippen LogP) is 4.79. The Morgan fingerprint density at radius 1 is 1.35 bits per heavy atom. The maximum absolute atomic E-state index is 12.3. The zero-order valence-corrected chi connectivity index (χ0v) is 16.1. The summed E-state index contributed by atoms with van der Waals surface area (Å²) in [4.78, 5) is 18.4. The van der Waals surface area contributed by atoms with Crippen LogP contribution in [0.3, 0.4) is 0 Å². The van der Waals surface area contributed by atoms with Crippen LogP contribution in [0.4, 0.5) is 10.5 Å². The Kier molecular flexibility index (Phi) is 6.14. The van der Waals surface area contributed by atoms with Crippen molar-refractivity contribution in [3.05, 3.63) is 40.5 Å². The zero-order chi connectivity index (χ0) is 18.5. The number of nitrogens with zero attached hydrogens (tertiary/aromatic N) is 3. The molecule has 0 atom stereocenters. The molecular formula is C19H25ClN4O2. The molecule has 2 aromatic rings. The highest BCUT2D eigenvalue weighted by molar-refractivity contribution is 6.33. The van der Waals surface area contributed by atoms with Crippen molar-refractivity contribution >= 4 is 23.3 Å². The average Bonchev–Trinajstić information content (AvgIpc) is 3.11. The van der Waals surface area contributed by atoms with Gasteiger partial charge < -0.3 is 14.7 Å². The molecule has 7 heteroatoms. The van der Waals surface area contributed by atoms with E-state index in [9.17, 15) is 4.79 Å². The Morgan fingerprint density at radius 2 is 2.12 bits per heavy atom. The van der Waals surface area contributed by atoms with Crippen LogP contribution in [-0.2, 0) is 6.42 Å². The first kappa shape index (κ1) is 18.7. The van der Waals surface area contributed by atoms with Crippen molar-refractivity contribution in [2.45, 2.75) is 51.4 Å². The SMILES string of the molecule is Cc1ccc(NC(=O)N(C)CCc2noc(C3CCCCC3)n2)c(Cl)c1. The molecule has 0 saturated heterocycles. The summed E-state index contributed by atoms with van der Waals surface area (Å²) < 4.78 is 5.42. The second-order valence-electron chi connectivity index (χ2n) is 6.97. The number of aromatic nitrogens is 2. The van der Waals surface area contributed by atoms with Crippen LogP contribution in [0, 0.1) is 6.92 Å². The normalized spacial score (nSPS) is 15.0. The maximum atomic E-state index is 12.3. The Hall–Kier alpha value is -2.08. The average molecular weight is 377 g/mol. The standard InChI is InChI=1S/C19H25ClN4O2/c1-13-8-9-16(15(20)12-13)21-19(25)24(2)11-10-17-22-18(26-23-17)14-6-4-3-5-7-14/h8-9,12,14H,3-7,10-11H2,1-2H3,(H,21,25). The number of hydrogen-bond acceptors (Lipinski definition) is 4. The van der Waals surface area contributed by atoms with Crippen LogP contribution >= 0.6 is 11.6 Å². The molecule has 6 nitrogen and oxygen atoms in total. The lowest BCUT2D eigenvalue weighted by molar-refractivity contribution is 0.222. The number of carbonyl (C=O) groups is 1. The summed E-state index contributed by atoms with van der Waals surface area (Å²) in [5, 5.41) is 7.42. The number of amides is 2. The highest BCUT2D eigenvalue weighted by Gasteiger charge is 2.21. The van der Waals surface area contributed by atoms with Gasteiger partial charge in [0.25, 0.3) is 0 Å². The van der Waals surface area contributed by atoms with Gasteiger partial charge in [-0.05, 0) is 37.5 Å². The van der Waals surface area contributed by atoms with Crippen molar-refractivity contribution < 1.29 is 9.32 Å². The Bertz CT molecular complexity index is 756. The molecule has 2 amide bonds. The van der Waals surface area contributed by atoms with Crippen LogP contribution in [0.15, 0.2) is 22.7 Å². The highest BCUT2D eigenvalue weighted by Crippen LogP contribution is 2.31. The van der Waals surface area contributed by atoms with Crippen molar-refractivity contribution in [3.63, 3.8) is 0 Å². The summed E-state index contributed by atoms with van der Waals surface area (Å²) in [7, 11) is 1.74. The Morgan fingerprint density at radius 3 is 2.85 bits per heavy atom. The third-order valence-electron chi connectivity index (χ3n) is 4.82. The van der Waals surface area contributed by atoms with Gasteiger partial charge in [0, 0.05) is 25.9 Å². The molecule has 0 bridgehead atoms. The van der Waals surface area contributed by atoms with Crippen LogP contribution in [0.25, 0.3) is 0 Å². The number of aryl methyl sites for hydroxylation is 1. The molecule has 3 rings (SSSR count). The van der Waals surface area contributed by atoms with Crippen molar-refractivity contribution in [1.82, 2.24) is 15.0 Å². The summed E-state index contributed by atoms with van der Waals surface area (Å²) in [6.07, 6.45) is 6.56. The highest BCUT2D eigenvalue weighted by atomic mass is 35.5. The van der Waals surface area contributed by atoms with E-state index < -0.39 is 0 Å². The maximum Gasteiger partial charge on any atom is 0.321 e. The number of hydrogen-bond donors (Lipinski definition) is 1. The minimum Gasteiger partial charge on any atom is -0.339 e. The molecule has 140 valence electrons. The molecule has 1 saturated carbocycles. The minimum atomic E-state index is -0.216. The third kappa shape index (κ3) is 4.75. The third-order valence-corrected chi connectivity index (χ3v) is 5.13. The van der Waals surface area contributed by atoms with Crippen molar-refractivity contribution in [2.75, 3.05) is 18.9 Å². The largest absolute Gasteiger partial charge is 0.339 e. The van der Waals surface area contributed by atoms with Gasteiger partial charge in [-0.1, -0.05) is 42.1 Å². The lowest BCUT2D eigenvalue weighted by atomic mass is 9.89. The zero-order valence-electron chi connectivity index (χ0n) is 15.3. The van der Waals surface area contributed by atoms with Gasteiger partial charge in [-0.2, -0.15) is 4.98 Å². The number of nitrogens with one attached hydrogen (secondary N) is 1. The van der Waals surface area contributed by atoms with E-state index in [4.69, 9.17) is 16.1 Å². The summed E-state index contributed by atoms with van der Waals surface area (Å²) in [5.74, 6) is 1.80. The van der Waals surface area contributed by atoms with Crippen molar-refractivity contribution in [1.29, 1.82) is 0 Å². The minimum absolute atomic E-state index is 0.216. The molecule has 1 aromatic carbocycles. The van der Waals surface area contributed by atoms with Crippen LogP contribution < -0.4 is 5.32 Å². The number of benzene rings is 1. The van der Waals surface area contributed by atoms with Gasteiger partial charge in [0.15, 0.2) is 5.82 Å². The molecule has 1 heterocycles. The van der Waals surface area contributed by atoms with E-state index in [1.54, 1.807) is 18.0 Å². The first-order valence-corrected chi connectivity index (χ1v) is 9.51. The first-order valence-electron chi connectivity index (χ1n) is 9.13. The summed E-state index contributed by atoms with van der Waals surface area (Å²) in [5.41, 5.74) is 1.65. The van der Waals surface area contributed by atoms with E-state index >= 15 is 0 Å². The molecule has 0 spiro atoms. The van der Waals surface area contributed by atoms with Crippen molar-refractivity contribution in [2.24, 2.45) is 0 Å². The van der Waals surface area contributed by atoms with Crippen LogP contribution in [-0.4, -0.2) is 34.7 Å². The van der Waals surface area contributed by atoms with E-state index in [-0.39, 0.29) is 6.03 Å². The number of anilines is 1. The molecule has 1 aromatic heterocycles. The van der Waals surface area contributed by atoms with Crippen LogP contribution in [0.1, 0.15) is 55.3 Å². The molecule has 1 aliphatic rings. The number of halogens is 1. The predicted molar refractivity (Wildman–Crippen MR) is 102 cm³/mol. The number of urea groups is 1. The second-order valence-corrected chi connectivity index (χ2v) is 7.38. The fourth-order valence-corrected chi connectivity index (χ4v) is 3.47. The lowest BCUT2D eigenvalue weighted by Crippen LogP contribution is -2.33. The Labute approximate surface area is 158 Å². The quantitative estimate of drug-likeness (QED) is 0.814. The molecular weight excluding hydrogens is 352 g/mol. The summed E-state index contributed by atoms with van der Waals surface area (Å²) in [6, 6.07) is 5.32. The van der Waals surface area contributed by atoms with Gasteiger partial charge in [0.1, 0.15) is 0 Å². The molecule has 0 radical (unpaired) electrons. The van der Waals surface area contributed by atoms with E-state index in [0.717, 1.165) is 24.3 Å². The second kappa shape index (κ2) is 8.54.